The first-order chi connectivity index (χ1) is 7.72. The number of likely N-dealkylation sites (N-methyl/N-ethyl adjacent to an activating group) is 1. The summed E-state index contributed by atoms with van der Waals surface area (Å²) in [5.74, 6) is 1.09. The first kappa shape index (κ1) is 11.8. The summed E-state index contributed by atoms with van der Waals surface area (Å²) in [6.45, 7) is 4.19. The summed E-state index contributed by atoms with van der Waals surface area (Å²) in [6, 6.07) is 0.815. The number of hydrogen-bond acceptors (Lipinski definition) is 3. The molecule has 0 aliphatic heterocycles. The van der Waals surface area contributed by atoms with E-state index in [9.17, 15) is 0 Å². The van der Waals surface area contributed by atoms with Crippen LogP contribution >= 0.6 is 12.2 Å². The van der Waals surface area contributed by atoms with Crippen LogP contribution in [0.4, 0.5) is 0 Å². The molecule has 90 valence electrons. The molecule has 0 atom stereocenters. The molecule has 0 spiro atoms. The van der Waals surface area contributed by atoms with Gasteiger partial charge in [0, 0.05) is 25.6 Å². The lowest BCUT2D eigenvalue weighted by atomic mass is 10.3. The van der Waals surface area contributed by atoms with Gasteiger partial charge in [-0.25, -0.2) is 0 Å². The van der Waals surface area contributed by atoms with Crippen LogP contribution in [0.2, 0.25) is 0 Å². The molecule has 1 aliphatic carbocycles. The zero-order chi connectivity index (χ0) is 11.5. The Kier molecular flexibility index (Phi) is 3.76. The standard InChI is InChI=1S/C11H20N4S/c1-3-4-10-12-13-11(16)15(10)8-7-14(2)9-5-6-9/h9H,3-8H2,1-2H3,(H,13,16). The molecule has 1 N–H and O–H groups in total. The molecule has 5 heteroatoms. The highest BCUT2D eigenvalue weighted by atomic mass is 32.1. The van der Waals surface area contributed by atoms with Crippen LogP contribution in [0, 0.1) is 4.77 Å². The van der Waals surface area contributed by atoms with Crippen LogP contribution in [0.15, 0.2) is 0 Å². The summed E-state index contributed by atoms with van der Waals surface area (Å²) < 4.78 is 2.89. The van der Waals surface area contributed by atoms with Gasteiger partial charge < -0.3 is 9.47 Å². The van der Waals surface area contributed by atoms with Crippen molar-refractivity contribution in [2.24, 2.45) is 0 Å². The molecule has 0 bridgehead atoms. The number of nitrogens with zero attached hydrogens (tertiary/aromatic N) is 3. The summed E-state index contributed by atoms with van der Waals surface area (Å²) >= 11 is 5.25. The molecule has 4 nitrogen and oxygen atoms in total. The van der Waals surface area contributed by atoms with Gasteiger partial charge in [-0.2, -0.15) is 5.10 Å². The number of aromatic nitrogens is 3. The Labute approximate surface area is 102 Å². The van der Waals surface area contributed by atoms with Crippen LogP contribution < -0.4 is 0 Å². The van der Waals surface area contributed by atoms with E-state index in [0.29, 0.717) is 0 Å². The summed E-state index contributed by atoms with van der Waals surface area (Å²) in [5, 5.41) is 7.16. The Balaban J connectivity index is 1.96. The first-order valence-electron chi connectivity index (χ1n) is 6.06. The predicted molar refractivity (Wildman–Crippen MR) is 67.1 cm³/mol. The van der Waals surface area contributed by atoms with Gasteiger partial charge in [-0.05, 0) is 38.5 Å². The van der Waals surface area contributed by atoms with Crippen molar-refractivity contribution in [2.45, 2.75) is 45.2 Å². The molecule has 1 heterocycles. The Hall–Kier alpha value is -0.680. The Bertz CT molecular complexity index is 391. The van der Waals surface area contributed by atoms with Crippen molar-refractivity contribution in [3.05, 3.63) is 10.6 Å². The normalized spacial score (nSPS) is 15.9. The summed E-state index contributed by atoms with van der Waals surface area (Å²) in [5.41, 5.74) is 0. The van der Waals surface area contributed by atoms with Crippen LogP contribution in [-0.4, -0.2) is 39.3 Å². The van der Waals surface area contributed by atoms with E-state index in [1.807, 2.05) is 0 Å². The van der Waals surface area contributed by atoms with E-state index in [1.54, 1.807) is 0 Å². The Morgan fingerprint density at radius 2 is 2.31 bits per heavy atom. The van der Waals surface area contributed by atoms with Crippen LogP contribution in [0.3, 0.4) is 0 Å². The van der Waals surface area contributed by atoms with Gasteiger partial charge in [0.2, 0.25) is 0 Å². The highest BCUT2D eigenvalue weighted by Gasteiger charge is 2.25. The fourth-order valence-electron chi connectivity index (χ4n) is 1.95. The van der Waals surface area contributed by atoms with Crippen molar-refractivity contribution in [3.63, 3.8) is 0 Å². The molecular weight excluding hydrogens is 220 g/mol. The molecular formula is C11H20N4S. The van der Waals surface area contributed by atoms with Gasteiger partial charge in [-0.1, -0.05) is 6.92 Å². The molecule has 1 aromatic heterocycles. The van der Waals surface area contributed by atoms with Gasteiger partial charge in [0.25, 0.3) is 0 Å². The second-order valence-electron chi connectivity index (χ2n) is 4.56. The quantitative estimate of drug-likeness (QED) is 0.773. The van der Waals surface area contributed by atoms with E-state index >= 15 is 0 Å². The van der Waals surface area contributed by atoms with E-state index in [2.05, 4.69) is 33.6 Å². The molecule has 1 aliphatic rings. The van der Waals surface area contributed by atoms with Crippen molar-refractivity contribution >= 4 is 12.2 Å². The number of rotatable bonds is 6. The molecule has 0 saturated heterocycles. The van der Waals surface area contributed by atoms with Gasteiger partial charge in [-0.15, -0.1) is 0 Å². The topological polar surface area (TPSA) is 36.9 Å². The van der Waals surface area contributed by atoms with Crippen molar-refractivity contribution in [1.29, 1.82) is 0 Å². The maximum atomic E-state index is 5.25. The van der Waals surface area contributed by atoms with Crippen molar-refractivity contribution in [3.8, 4) is 0 Å². The zero-order valence-corrected chi connectivity index (χ0v) is 10.9. The SMILES string of the molecule is CCCc1n[nH]c(=S)n1CCN(C)C1CC1. The van der Waals surface area contributed by atoms with E-state index in [-0.39, 0.29) is 0 Å². The molecule has 2 rings (SSSR count). The number of aryl methyl sites for hydroxylation is 1. The lowest BCUT2D eigenvalue weighted by Gasteiger charge is -2.16. The van der Waals surface area contributed by atoms with Gasteiger partial charge >= 0.3 is 0 Å². The van der Waals surface area contributed by atoms with Gasteiger partial charge in [0.05, 0.1) is 0 Å². The lowest BCUT2D eigenvalue weighted by molar-refractivity contribution is 0.306. The van der Waals surface area contributed by atoms with E-state index in [1.165, 1.54) is 12.8 Å². The largest absolute Gasteiger partial charge is 0.303 e. The van der Waals surface area contributed by atoms with E-state index in [0.717, 1.165) is 42.6 Å². The fraction of sp³-hybridized carbons (Fsp3) is 0.818. The zero-order valence-electron chi connectivity index (χ0n) is 10.1. The molecule has 0 radical (unpaired) electrons. The van der Waals surface area contributed by atoms with Crippen molar-refractivity contribution in [2.75, 3.05) is 13.6 Å². The molecule has 1 aromatic rings. The average molecular weight is 240 g/mol. The van der Waals surface area contributed by atoms with Crippen LogP contribution in [0.25, 0.3) is 0 Å². The molecule has 1 saturated carbocycles. The first-order valence-corrected chi connectivity index (χ1v) is 6.47. The number of nitrogens with one attached hydrogen (secondary N) is 1. The number of hydrogen-bond donors (Lipinski definition) is 1. The van der Waals surface area contributed by atoms with E-state index < -0.39 is 0 Å². The molecule has 0 amide bonds. The molecule has 0 unspecified atom stereocenters. The third-order valence-corrected chi connectivity index (χ3v) is 3.47. The minimum atomic E-state index is 0.757. The average Bonchev–Trinajstić information content (AvgIpc) is 3.04. The number of aromatic amines is 1. The smallest absolute Gasteiger partial charge is 0.195 e. The van der Waals surface area contributed by atoms with Crippen LogP contribution in [0.5, 0.6) is 0 Å². The van der Waals surface area contributed by atoms with Gasteiger partial charge in [0.1, 0.15) is 5.82 Å². The molecule has 16 heavy (non-hydrogen) atoms. The molecule has 0 aromatic carbocycles. The number of H-pyrrole nitrogens is 1. The minimum Gasteiger partial charge on any atom is -0.303 e. The molecule has 1 fully saturated rings. The second-order valence-corrected chi connectivity index (χ2v) is 4.95. The fourth-order valence-corrected chi connectivity index (χ4v) is 2.19. The minimum absolute atomic E-state index is 0.757. The second kappa shape index (κ2) is 5.10. The third-order valence-electron chi connectivity index (χ3n) is 3.16. The third kappa shape index (κ3) is 2.71. The van der Waals surface area contributed by atoms with E-state index in [4.69, 9.17) is 12.2 Å². The Morgan fingerprint density at radius 1 is 1.56 bits per heavy atom. The van der Waals surface area contributed by atoms with Crippen molar-refractivity contribution in [1.82, 2.24) is 19.7 Å². The Morgan fingerprint density at radius 3 is 2.94 bits per heavy atom. The van der Waals surface area contributed by atoms with Gasteiger partial charge in [-0.3, -0.25) is 5.10 Å². The summed E-state index contributed by atoms with van der Waals surface area (Å²) in [4.78, 5) is 2.42. The summed E-state index contributed by atoms with van der Waals surface area (Å²) in [6.07, 6.45) is 4.82. The maximum Gasteiger partial charge on any atom is 0.195 e. The summed E-state index contributed by atoms with van der Waals surface area (Å²) in [7, 11) is 2.20. The highest BCUT2D eigenvalue weighted by molar-refractivity contribution is 7.71. The highest BCUT2D eigenvalue weighted by Crippen LogP contribution is 2.24. The van der Waals surface area contributed by atoms with Crippen LogP contribution in [0.1, 0.15) is 32.0 Å². The van der Waals surface area contributed by atoms with Gasteiger partial charge in [0.15, 0.2) is 4.77 Å². The van der Waals surface area contributed by atoms with Crippen LogP contribution in [-0.2, 0) is 13.0 Å². The maximum absolute atomic E-state index is 5.25. The predicted octanol–water partition coefficient (Wildman–Crippen LogP) is 1.99. The van der Waals surface area contributed by atoms with Crippen molar-refractivity contribution < 1.29 is 0 Å². The monoisotopic (exact) mass is 240 g/mol. The lowest BCUT2D eigenvalue weighted by Crippen LogP contribution is -2.25.